The van der Waals surface area contributed by atoms with E-state index in [0.29, 0.717) is 16.1 Å². The molecule has 31 heavy (non-hydrogen) atoms. The summed E-state index contributed by atoms with van der Waals surface area (Å²) >= 11 is 12.5. The van der Waals surface area contributed by atoms with Gasteiger partial charge >= 0.3 is 5.79 Å². The van der Waals surface area contributed by atoms with Crippen LogP contribution in [0.15, 0.2) is 54.6 Å². The maximum Gasteiger partial charge on any atom is 0.307 e. The molecule has 0 saturated carbocycles. The molecule has 9 heteroatoms. The molecule has 0 N–H and O–H groups in total. The molecule has 4 rings (SSSR count). The molecule has 1 aliphatic rings. The first kappa shape index (κ1) is 21.4. The average Bonchev–Trinajstić information content (AvgIpc) is 3.11. The molecule has 1 amide bonds. The number of hydrogen-bond donors (Lipinski definition) is 0. The van der Waals surface area contributed by atoms with E-state index >= 15 is 0 Å². The minimum atomic E-state index is -1.65. The van der Waals surface area contributed by atoms with E-state index in [1.54, 1.807) is 12.1 Å². The van der Waals surface area contributed by atoms with Gasteiger partial charge in [0, 0.05) is 29.8 Å². The summed E-state index contributed by atoms with van der Waals surface area (Å²) in [6.45, 7) is 0. The van der Waals surface area contributed by atoms with Crippen LogP contribution in [0.4, 0.5) is 8.78 Å². The number of hydroxylamine groups is 2. The van der Waals surface area contributed by atoms with Crippen molar-refractivity contribution in [3.63, 3.8) is 0 Å². The second-order valence-corrected chi connectivity index (χ2v) is 7.56. The van der Waals surface area contributed by atoms with Crippen LogP contribution in [0.5, 0.6) is 11.5 Å². The number of amides is 1. The maximum atomic E-state index is 14.7. The minimum absolute atomic E-state index is 0.0458. The van der Waals surface area contributed by atoms with Gasteiger partial charge in [0.25, 0.3) is 5.91 Å². The second-order valence-electron chi connectivity index (χ2n) is 6.72. The van der Waals surface area contributed by atoms with E-state index in [2.05, 4.69) is 0 Å². The zero-order chi connectivity index (χ0) is 22.3. The summed E-state index contributed by atoms with van der Waals surface area (Å²) in [5.74, 6) is -3.50. The van der Waals surface area contributed by atoms with Crippen molar-refractivity contribution in [2.24, 2.45) is 0 Å². The third-order valence-corrected chi connectivity index (χ3v) is 5.39. The van der Waals surface area contributed by atoms with Gasteiger partial charge in [0.1, 0.15) is 11.6 Å². The molecule has 1 unspecified atom stereocenters. The van der Waals surface area contributed by atoms with Crippen LogP contribution in [0.2, 0.25) is 10.0 Å². The third-order valence-electron chi connectivity index (χ3n) is 4.84. The summed E-state index contributed by atoms with van der Waals surface area (Å²) in [6, 6.07) is 12.4. The van der Waals surface area contributed by atoms with Gasteiger partial charge in [-0.2, -0.15) is 0 Å². The molecule has 1 atom stereocenters. The fraction of sp³-hybridized carbons (Fsp3) is 0.136. The molecule has 0 bridgehead atoms. The van der Waals surface area contributed by atoms with Crippen molar-refractivity contribution in [1.82, 2.24) is 5.06 Å². The Kier molecular flexibility index (Phi) is 5.51. The van der Waals surface area contributed by atoms with Gasteiger partial charge in [-0.1, -0.05) is 23.2 Å². The summed E-state index contributed by atoms with van der Waals surface area (Å²) in [7, 11) is 2.63. The highest BCUT2D eigenvalue weighted by Crippen LogP contribution is 2.50. The summed E-state index contributed by atoms with van der Waals surface area (Å²) in [6.07, 6.45) is 0. The molecule has 3 aromatic carbocycles. The fourth-order valence-corrected chi connectivity index (χ4v) is 3.78. The number of halogens is 4. The molecule has 0 fully saturated rings. The molecule has 0 saturated heterocycles. The molecule has 0 aliphatic carbocycles. The molecular weight excluding hydrogens is 451 g/mol. The van der Waals surface area contributed by atoms with Crippen LogP contribution in [0, 0.1) is 11.6 Å². The number of fused-ring (bicyclic) bond motifs is 1. The van der Waals surface area contributed by atoms with Gasteiger partial charge in [-0.05, 0) is 42.5 Å². The number of benzene rings is 3. The molecule has 1 heterocycles. The Labute approximate surface area is 186 Å². The van der Waals surface area contributed by atoms with Crippen molar-refractivity contribution < 1.29 is 27.9 Å². The summed E-state index contributed by atoms with van der Waals surface area (Å²) in [5, 5.41) is 1.49. The largest absolute Gasteiger partial charge is 0.440 e. The number of carbonyl (C=O) groups is 1. The topological polar surface area (TPSA) is 48.0 Å². The van der Waals surface area contributed by atoms with Crippen LogP contribution in [0.3, 0.4) is 0 Å². The Morgan fingerprint density at radius 3 is 2.26 bits per heavy atom. The fourth-order valence-electron chi connectivity index (χ4n) is 3.25. The van der Waals surface area contributed by atoms with Gasteiger partial charge < -0.3 is 9.47 Å². The lowest BCUT2D eigenvalue weighted by Crippen LogP contribution is -2.37. The average molecular weight is 466 g/mol. The predicted molar refractivity (Wildman–Crippen MR) is 110 cm³/mol. The Morgan fingerprint density at radius 1 is 1.00 bits per heavy atom. The van der Waals surface area contributed by atoms with Crippen molar-refractivity contribution in [2.75, 3.05) is 14.2 Å². The van der Waals surface area contributed by atoms with Crippen LogP contribution in [-0.4, -0.2) is 25.1 Å². The molecule has 0 aromatic heterocycles. The zero-order valence-corrected chi connectivity index (χ0v) is 17.8. The Morgan fingerprint density at radius 2 is 1.65 bits per heavy atom. The third kappa shape index (κ3) is 3.69. The van der Waals surface area contributed by atoms with Gasteiger partial charge in [0.2, 0.25) is 0 Å². The summed E-state index contributed by atoms with van der Waals surface area (Å²) in [5.41, 5.74) is 0.490. The van der Waals surface area contributed by atoms with Crippen LogP contribution < -0.4 is 9.47 Å². The predicted octanol–water partition coefficient (Wildman–Crippen LogP) is 5.58. The molecule has 5 nitrogen and oxygen atoms in total. The zero-order valence-electron chi connectivity index (χ0n) is 16.3. The summed E-state index contributed by atoms with van der Waals surface area (Å²) < 4.78 is 40.5. The van der Waals surface area contributed by atoms with E-state index in [4.69, 9.17) is 37.5 Å². The van der Waals surface area contributed by atoms with Crippen LogP contribution in [0.1, 0.15) is 21.5 Å². The Bertz CT molecular complexity index is 1170. The highest BCUT2D eigenvalue weighted by Gasteiger charge is 2.47. The molecule has 0 radical (unpaired) electrons. The highest BCUT2D eigenvalue weighted by molar-refractivity contribution is 6.35. The van der Waals surface area contributed by atoms with Gasteiger partial charge in [-0.25, -0.2) is 13.8 Å². The van der Waals surface area contributed by atoms with Gasteiger partial charge in [0.15, 0.2) is 11.5 Å². The number of rotatable bonds is 4. The van der Waals surface area contributed by atoms with Crippen LogP contribution >= 0.6 is 23.2 Å². The van der Waals surface area contributed by atoms with Crippen molar-refractivity contribution in [3.8, 4) is 11.5 Å². The molecule has 1 aliphatic heterocycles. The standard InChI is InChI=1S/C22H15Cl2F2NO4/c1-27(29-2)21(28)15-10-19-20(11-18(15)26)31-22(30-19,12-3-6-14(25)7-4-12)16-8-5-13(23)9-17(16)24/h3-11H,1-2H3. The van der Waals surface area contributed by atoms with E-state index in [0.717, 1.165) is 11.1 Å². The van der Waals surface area contributed by atoms with E-state index in [1.807, 2.05) is 0 Å². The molecule has 160 valence electrons. The van der Waals surface area contributed by atoms with Crippen LogP contribution in [-0.2, 0) is 10.6 Å². The first-order valence-electron chi connectivity index (χ1n) is 9.00. The lowest BCUT2D eigenvalue weighted by atomic mass is 9.97. The second kappa shape index (κ2) is 8.00. The smallest absolute Gasteiger partial charge is 0.307 e. The summed E-state index contributed by atoms with van der Waals surface area (Å²) in [4.78, 5) is 17.3. The Balaban J connectivity index is 1.87. The van der Waals surface area contributed by atoms with Gasteiger partial charge in [-0.3, -0.25) is 9.63 Å². The van der Waals surface area contributed by atoms with Gasteiger partial charge in [0.05, 0.1) is 23.3 Å². The normalized spacial score (nSPS) is 17.0. The van der Waals surface area contributed by atoms with Crippen molar-refractivity contribution >= 4 is 29.1 Å². The highest BCUT2D eigenvalue weighted by atomic mass is 35.5. The first-order valence-corrected chi connectivity index (χ1v) is 9.76. The maximum absolute atomic E-state index is 14.7. The number of nitrogens with zero attached hydrogens (tertiary/aromatic N) is 1. The quantitative estimate of drug-likeness (QED) is 0.472. The van der Waals surface area contributed by atoms with E-state index < -0.39 is 23.3 Å². The van der Waals surface area contributed by atoms with E-state index in [9.17, 15) is 13.6 Å². The van der Waals surface area contributed by atoms with E-state index in [1.165, 1.54) is 50.6 Å². The van der Waals surface area contributed by atoms with Crippen molar-refractivity contribution in [2.45, 2.75) is 5.79 Å². The van der Waals surface area contributed by atoms with Crippen molar-refractivity contribution in [1.29, 1.82) is 0 Å². The monoisotopic (exact) mass is 465 g/mol. The lowest BCUT2D eigenvalue weighted by Gasteiger charge is -2.29. The first-order chi connectivity index (χ1) is 14.7. The minimum Gasteiger partial charge on any atom is -0.440 e. The number of carbonyl (C=O) groups excluding carboxylic acids is 1. The number of hydrogen-bond acceptors (Lipinski definition) is 4. The van der Waals surface area contributed by atoms with Gasteiger partial charge in [-0.15, -0.1) is 0 Å². The SMILES string of the molecule is CON(C)C(=O)c1cc2c(cc1F)OC(c1ccc(F)cc1)(c1ccc(Cl)cc1Cl)O2. The molecule has 0 spiro atoms. The molecular formula is C22H15Cl2F2NO4. The Hall–Kier alpha value is -2.87. The lowest BCUT2D eigenvalue weighted by molar-refractivity contribution is -0.0759. The molecule has 3 aromatic rings. The van der Waals surface area contributed by atoms with Crippen molar-refractivity contribution in [3.05, 3.63) is 93.0 Å². The van der Waals surface area contributed by atoms with Crippen LogP contribution in [0.25, 0.3) is 0 Å². The number of ether oxygens (including phenoxy) is 2. The van der Waals surface area contributed by atoms with E-state index in [-0.39, 0.29) is 22.1 Å².